The summed E-state index contributed by atoms with van der Waals surface area (Å²) < 4.78 is 12.1. The first-order chi connectivity index (χ1) is 12.2. The van der Waals surface area contributed by atoms with Crippen molar-refractivity contribution in [1.29, 1.82) is 0 Å². The minimum absolute atomic E-state index is 0.0511. The molecule has 1 N–H and O–H groups in total. The third kappa shape index (κ3) is 3.97. The van der Waals surface area contributed by atoms with Crippen LogP contribution in [0.1, 0.15) is 17.3 Å². The Hall–Kier alpha value is -2.45. The summed E-state index contributed by atoms with van der Waals surface area (Å²) in [6, 6.07) is 5.47. The van der Waals surface area contributed by atoms with Crippen LogP contribution >= 0.6 is 0 Å². The Kier molecular flexibility index (Phi) is 5.62. The van der Waals surface area contributed by atoms with Gasteiger partial charge in [-0.3, -0.25) is 14.4 Å². The normalized spacial score (nSPS) is 17.1. The van der Waals surface area contributed by atoms with Gasteiger partial charge >= 0.3 is 0 Å². The number of hydrogen-bond donors (Lipinski definition) is 1. The van der Waals surface area contributed by atoms with Crippen LogP contribution in [0.3, 0.4) is 0 Å². The molecule has 1 atom stereocenters. The molecule has 0 spiro atoms. The molecule has 0 unspecified atom stereocenters. The molecule has 0 radical (unpaired) electrons. The predicted octanol–water partition coefficient (Wildman–Crippen LogP) is 0.606. The van der Waals surface area contributed by atoms with E-state index in [4.69, 9.17) is 9.47 Å². The van der Waals surface area contributed by atoms with Gasteiger partial charge in [-0.1, -0.05) is 6.07 Å². The molecule has 0 aromatic carbocycles. The van der Waals surface area contributed by atoms with Crippen LogP contribution in [0.15, 0.2) is 30.6 Å². The second kappa shape index (κ2) is 8.09. The lowest BCUT2D eigenvalue weighted by molar-refractivity contribution is -0.126. The summed E-state index contributed by atoms with van der Waals surface area (Å²) in [4.78, 5) is 19.0. The SMILES string of the molecule is COCCNC(=O)[C@@H]1CN(Cc2cccnc2OC)Cc2ccnn21. The van der Waals surface area contributed by atoms with E-state index in [0.29, 0.717) is 32.1 Å². The molecular weight excluding hydrogens is 322 g/mol. The van der Waals surface area contributed by atoms with E-state index in [9.17, 15) is 4.79 Å². The number of nitrogens with zero attached hydrogens (tertiary/aromatic N) is 4. The zero-order valence-corrected chi connectivity index (χ0v) is 14.5. The lowest BCUT2D eigenvalue weighted by atomic mass is 10.1. The van der Waals surface area contributed by atoms with Crippen molar-refractivity contribution in [2.45, 2.75) is 19.1 Å². The van der Waals surface area contributed by atoms with Gasteiger partial charge in [0.2, 0.25) is 11.8 Å². The molecule has 0 fully saturated rings. The Morgan fingerprint density at radius 2 is 2.24 bits per heavy atom. The van der Waals surface area contributed by atoms with E-state index < -0.39 is 0 Å². The van der Waals surface area contributed by atoms with E-state index in [1.807, 2.05) is 18.2 Å². The highest BCUT2D eigenvalue weighted by molar-refractivity contribution is 5.80. The smallest absolute Gasteiger partial charge is 0.246 e. The van der Waals surface area contributed by atoms with Crippen molar-refractivity contribution in [3.8, 4) is 5.88 Å². The number of fused-ring (bicyclic) bond motifs is 1. The Labute approximate surface area is 146 Å². The number of nitrogens with one attached hydrogen (secondary N) is 1. The number of methoxy groups -OCH3 is 2. The van der Waals surface area contributed by atoms with Gasteiger partial charge in [0, 0.05) is 51.2 Å². The zero-order chi connectivity index (χ0) is 17.6. The van der Waals surface area contributed by atoms with E-state index >= 15 is 0 Å². The Balaban J connectivity index is 1.74. The second-order valence-corrected chi connectivity index (χ2v) is 5.91. The van der Waals surface area contributed by atoms with Crippen LogP contribution < -0.4 is 10.1 Å². The van der Waals surface area contributed by atoms with Crippen molar-refractivity contribution < 1.29 is 14.3 Å². The molecule has 0 aliphatic carbocycles. The molecule has 1 aliphatic rings. The number of amides is 1. The molecule has 0 saturated heterocycles. The Morgan fingerprint density at radius 1 is 1.36 bits per heavy atom. The summed E-state index contributed by atoms with van der Waals surface area (Å²) in [7, 11) is 3.23. The van der Waals surface area contributed by atoms with Gasteiger partial charge in [0.1, 0.15) is 6.04 Å². The van der Waals surface area contributed by atoms with Gasteiger partial charge < -0.3 is 14.8 Å². The van der Waals surface area contributed by atoms with Crippen LogP contribution in [0.4, 0.5) is 0 Å². The van der Waals surface area contributed by atoms with Crippen molar-refractivity contribution >= 4 is 5.91 Å². The molecule has 3 rings (SSSR count). The van der Waals surface area contributed by atoms with Crippen LogP contribution in [0.2, 0.25) is 0 Å². The summed E-state index contributed by atoms with van der Waals surface area (Å²) in [5.41, 5.74) is 2.01. The lowest BCUT2D eigenvalue weighted by Gasteiger charge is -2.33. The molecule has 8 heteroatoms. The van der Waals surface area contributed by atoms with E-state index in [1.165, 1.54) is 0 Å². The Morgan fingerprint density at radius 3 is 3.04 bits per heavy atom. The van der Waals surface area contributed by atoms with E-state index in [0.717, 1.165) is 17.8 Å². The molecule has 25 heavy (non-hydrogen) atoms. The van der Waals surface area contributed by atoms with Crippen molar-refractivity contribution in [3.63, 3.8) is 0 Å². The van der Waals surface area contributed by atoms with Crippen molar-refractivity contribution in [3.05, 3.63) is 41.9 Å². The van der Waals surface area contributed by atoms with Crippen molar-refractivity contribution in [2.75, 3.05) is 33.9 Å². The summed E-state index contributed by atoms with van der Waals surface area (Å²) in [5, 5.41) is 7.23. The highest BCUT2D eigenvalue weighted by Crippen LogP contribution is 2.24. The number of ether oxygens (including phenoxy) is 2. The maximum absolute atomic E-state index is 12.6. The summed E-state index contributed by atoms with van der Waals surface area (Å²) >= 11 is 0. The number of rotatable bonds is 7. The third-order valence-electron chi connectivity index (χ3n) is 4.21. The van der Waals surface area contributed by atoms with Gasteiger partial charge in [0.15, 0.2) is 0 Å². The van der Waals surface area contributed by atoms with Crippen LogP contribution in [-0.2, 0) is 22.6 Å². The zero-order valence-electron chi connectivity index (χ0n) is 14.5. The molecule has 134 valence electrons. The van der Waals surface area contributed by atoms with E-state index in [-0.39, 0.29) is 11.9 Å². The second-order valence-electron chi connectivity index (χ2n) is 5.91. The van der Waals surface area contributed by atoms with E-state index in [1.54, 1.807) is 31.3 Å². The third-order valence-corrected chi connectivity index (χ3v) is 4.21. The number of hydrogen-bond acceptors (Lipinski definition) is 6. The van der Waals surface area contributed by atoms with Gasteiger partial charge in [-0.2, -0.15) is 5.10 Å². The molecule has 2 aromatic heterocycles. The maximum atomic E-state index is 12.6. The van der Waals surface area contributed by atoms with Crippen LogP contribution in [0.5, 0.6) is 5.88 Å². The number of aromatic nitrogens is 3. The molecule has 3 heterocycles. The minimum atomic E-state index is -0.363. The minimum Gasteiger partial charge on any atom is -0.481 e. The summed E-state index contributed by atoms with van der Waals surface area (Å²) in [6.07, 6.45) is 3.44. The number of carbonyl (C=O) groups excluding carboxylic acids is 1. The fourth-order valence-corrected chi connectivity index (χ4v) is 3.04. The van der Waals surface area contributed by atoms with E-state index in [2.05, 4.69) is 20.3 Å². The quantitative estimate of drug-likeness (QED) is 0.741. The standard InChI is InChI=1S/C17H23N5O3/c1-24-9-8-18-16(23)15-12-21(11-14-5-7-20-22(14)15)10-13-4-3-6-19-17(13)25-2/h3-7,15H,8-12H2,1-2H3,(H,18,23)/t15-/m0/s1. The fraction of sp³-hybridized carbons (Fsp3) is 0.471. The first kappa shape index (κ1) is 17.4. The van der Waals surface area contributed by atoms with Crippen LogP contribution in [0, 0.1) is 0 Å². The van der Waals surface area contributed by atoms with Crippen LogP contribution in [-0.4, -0.2) is 59.5 Å². The molecule has 0 saturated carbocycles. The topological polar surface area (TPSA) is 81.5 Å². The first-order valence-corrected chi connectivity index (χ1v) is 8.22. The summed E-state index contributed by atoms with van der Waals surface area (Å²) in [6.45, 7) is 2.93. The van der Waals surface area contributed by atoms with Gasteiger partial charge in [0.25, 0.3) is 0 Å². The fourth-order valence-electron chi connectivity index (χ4n) is 3.04. The van der Waals surface area contributed by atoms with Crippen molar-refractivity contribution in [1.82, 2.24) is 25.0 Å². The molecule has 1 amide bonds. The highest BCUT2D eigenvalue weighted by Gasteiger charge is 2.31. The summed E-state index contributed by atoms with van der Waals surface area (Å²) in [5.74, 6) is 0.563. The maximum Gasteiger partial charge on any atom is 0.246 e. The molecule has 0 bridgehead atoms. The highest BCUT2D eigenvalue weighted by atomic mass is 16.5. The van der Waals surface area contributed by atoms with Gasteiger partial charge in [0.05, 0.1) is 19.4 Å². The first-order valence-electron chi connectivity index (χ1n) is 8.22. The van der Waals surface area contributed by atoms with Crippen LogP contribution in [0.25, 0.3) is 0 Å². The largest absolute Gasteiger partial charge is 0.481 e. The molecular formula is C17H23N5O3. The Bertz CT molecular complexity index is 718. The monoisotopic (exact) mass is 345 g/mol. The molecule has 2 aromatic rings. The number of pyridine rings is 1. The molecule has 8 nitrogen and oxygen atoms in total. The molecule has 1 aliphatic heterocycles. The average Bonchev–Trinajstić information content (AvgIpc) is 3.10. The lowest BCUT2D eigenvalue weighted by Crippen LogP contribution is -2.45. The van der Waals surface area contributed by atoms with Gasteiger partial charge in [-0.25, -0.2) is 4.98 Å². The number of carbonyl (C=O) groups is 1. The predicted molar refractivity (Wildman–Crippen MR) is 91.1 cm³/mol. The van der Waals surface area contributed by atoms with Crippen molar-refractivity contribution in [2.24, 2.45) is 0 Å². The average molecular weight is 345 g/mol. The van der Waals surface area contributed by atoms with Gasteiger partial charge in [-0.15, -0.1) is 0 Å². The van der Waals surface area contributed by atoms with Gasteiger partial charge in [-0.05, 0) is 12.1 Å².